The summed E-state index contributed by atoms with van der Waals surface area (Å²) in [5.41, 5.74) is 1.49. The van der Waals surface area contributed by atoms with Gasteiger partial charge in [0.25, 0.3) is 5.88 Å². The number of nitrogens with one attached hydrogen (secondary N) is 2. The summed E-state index contributed by atoms with van der Waals surface area (Å²) in [4.78, 5) is 21.1. The van der Waals surface area contributed by atoms with Crippen LogP contribution in [0.1, 0.15) is 19.5 Å². The van der Waals surface area contributed by atoms with Crippen LogP contribution < -0.4 is 20.1 Å². The van der Waals surface area contributed by atoms with E-state index in [1.807, 2.05) is 20.8 Å². The van der Waals surface area contributed by atoms with Gasteiger partial charge in [0.1, 0.15) is 36.1 Å². The van der Waals surface area contributed by atoms with Gasteiger partial charge in [-0.05, 0) is 25.1 Å². The molecule has 0 aliphatic heterocycles. The highest BCUT2D eigenvalue weighted by Gasteiger charge is 2.12. The monoisotopic (exact) mass is 449 g/mol. The highest BCUT2D eigenvalue weighted by Crippen LogP contribution is 2.30. The van der Waals surface area contributed by atoms with Crippen molar-refractivity contribution in [2.24, 2.45) is 0 Å². The summed E-state index contributed by atoms with van der Waals surface area (Å²) in [6.45, 7) is 7.01. The fraction of sp³-hybridized carbons (Fsp3) is 0.261. The number of halogens is 1. The van der Waals surface area contributed by atoms with Crippen molar-refractivity contribution in [1.82, 2.24) is 30.2 Å². The third kappa shape index (κ3) is 5.86. The Kier molecular flexibility index (Phi) is 6.84. The van der Waals surface area contributed by atoms with Crippen LogP contribution in [0.25, 0.3) is 10.9 Å². The number of hydrogen-bond donors (Lipinski definition) is 2. The first kappa shape index (κ1) is 22.3. The van der Waals surface area contributed by atoms with Crippen LogP contribution in [-0.4, -0.2) is 44.1 Å². The van der Waals surface area contributed by atoms with Gasteiger partial charge in [0.15, 0.2) is 5.82 Å². The van der Waals surface area contributed by atoms with Gasteiger partial charge in [-0.2, -0.15) is 0 Å². The Balaban J connectivity index is 1.50. The lowest BCUT2D eigenvalue weighted by molar-refractivity contribution is 0.304. The Morgan fingerprint density at radius 3 is 2.61 bits per heavy atom. The minimum atomic E-state index is -0.623. The zero-order valence-corrected chi connectivity index (χ0v) is 18.5. The molecule has 0 amide bonds. The molecule has 10 heteroatoms. The SMILES string of the molecule is Cc1cnc(Nc2ncnc3ccc(Oc4ncc(OCCNC(C)C)cc4F)cc23)cn1. The van der Waals surface area contributed by atoms with Gasteiger partial charge in [0, 0.05) is 24.0 Å². The van der Waals surface area contributed by atoms with Crippen LogP contribution in [0.3, 0.4) is 0 Å². The van der Waals surface area contributed by atoms with Crippen LogP contribution >= 0.6 is 0 Å². The molecule has 3 heterocycles. The Morgan fingerprint density at radius 1 is 0.970 bits per heavy atom. The molecule has 0 fully saturated rings. The predicted molar refractivity (Wildman–Crippen MR) is 122 cm³/mol. The summed E-state index contributed by atoms with van der Waals surface area (Å²) in [6, 6.07) is 6.77. The van der Waals surface area contributed by atoms with E-state index in [4.69, 9.17) is 9.47 Å². The zero-order valence-electron chi connectivity index (χ0n) is 18.5. The van der Waals surface area contributed by atoms with Gasteiger partial charge < -0.3 is 20.1 Å². The van der Waals surface area contributed by atoms with Crippen LogP contribution in [-0.2, 0) is 0 Å². The Bertz CT molecular complexity index is 1240. The molecule has 4 rings (SSSR count). The van der Waals surface area contributed by atoms with Crippen molar-refractivity contribution < 1.29 is 13.9 Å². The number of hydrogen-bond acceptors (Lipinski definition) is 9. The number of aryl methyl sites for hydroxylation is 1. The highest BCUT2D eigenvalue weighted by molar-refractivity contribution is 5.91. The summed E-state index contributed by atoms with van der Waals surface area (Å²) in [7, 11) is 0. The van der Waals surface area contributed by atoms with Crippen LogP contribution in [0.5, 0.6) is 17.4 Å². The van der Waals surface area contributed by atoms with E-state index in [0.29, 0.717) is 53.2 Å². The second kappa shape index (κ2) is 10.1. The third-order valence-corrected chi connectivity index (χ3v) is 4.55. The smallest absolute Gasteiger partial charge is 0.256 e. The van der Waals surface area contributed by atoms with Gasteiger partial charge in [0.05, 0.1) is 29.8 Å². The van der Waals surface area contributed by atoms with Crippen molar-refractivity contribution in [3.05, 3.63) is 60.7 Å². The van der Waals surface area contributed by atoms with Gasteiger partial charge in [-0.1, -0.05) is 13.8 Å². The Hall–Kier alpha value is -3.92. The van der Waals surface area contributed by atoms with Gasteiger partial charge in [0.2, 0.25) is 0 Å². The van der Waals surface area contributed by atoms with Crippen LogP contribution in [0.4, 0.5) is 16.0 Å². The van der Waals surface area contributed by atoms with Crippen LogP contribution in [0, 0.1) is 12.7 Å². The van der Waals surface area contributed by atoms with E-state index >= 15 is 0 Å². The molecule has 9 nitrogen and oxygen atoms in total. The lowest BCUT2D eigenvalue weighted by Gasteiger charge is -2.11. The van der Waals surface area contributed by atoms with Crippen LogP contribution in [0.2, 0.25) is 0 Å². The average Bonchev–Trinajstić information content (AvgIpc) is 2.80. The normalized spacial score (nSPS) is 11.1. The third-order valence-electron chi connectivity index (χ3n) is 4.55. The van der Waals surface area contributed by atoms with E-state index in [2.05, 4.69) is 35.6 Å². The number of benzene rings is 1. The number of rotatable bonds is 9. The Labute approximate surface area is 190 Å². The molecule has 0 saturated carbocycles. The van der Waals surface area contributed by atoms with Gasteiger partial charge >= 0.3 is 0 Å². The van der Waals surface area contributed by atoms with E-state index < -0.39 is 5.82 Å². The maximum absolute atomic E-state index is 14.6. The largest absolute Gasteiger partial charge is 0.491 e. The maximum atomic E-state index is 14.6. The molecule has 0 unspecified atom stereocenters. The molecule has 0 aliphatic carbocycles. The number of pyridine rings is 1. The quantitative estimate of drug-likeness (QED) is 0.364. The van der Waals surface area contributed by atoms with E-state index in [9.17, 15) is 4.39 Å². The molecule has 0 aliphatic rings. The minimum Gasteiger partial charge on any atom is -0.491 e. The summed E-state index contributed by atoms with van der Waals surface area (Å²) < 4.78 is 25.8. The molecule has 4 aromatic rings. The van der Waals surface area contributed by atoms with Crippen molar-refractivity contribution in [2.45, 2.75) is 26.8 Å². The highest BCUT2D eigenvalue weighted by atomic mass is 19.1. The standard InChI is InChI=1S/C23H24FN7O2/c1-14(2)25-6-7-32-17-9-19(24)23(28-11-17)33-16-4-5-20-18(8-16)22(30-13-29-20)31-21-12-26-15(3)10-27-21/h4-5,8-14,25H,6-7H2,1-3H3,(H,27,29,30,31). The summed E-state index contributed by atoms with van der Waals surface area (Å²) in [5.74, 6) is 1.01. The molecular formula is C23H24FN7O2. The van der Waals surface area contributed by atoms with Crippen molar-refractivity contribution in [3.8, 4) is 17.4 Å². The number of ether oxygens (including phenoxy) is 2. The second-order valence-corrected chi connectivity index (χ2v) is 7.59. The van der Waals surface area contributed by atoms with Gasteiger partial charge in [-0.15, -0.1) is 0 Å². The predicted octanol–water partition coefficient (Wildman–Crippen LogP) is 4.18. The average molecular weight is 449 g/mol. The van der Waals surface area contributed by atoms with Crippen molar-refractivity contribution in [2.75, 3.05) is 18.5 Å². The molecule has 0 radical (unpaired) electrons. The van der Waals surface area contributed by atoms with E-state index in [0.717, 1.165) is 5.69 Å². The molecule has 0 spiro atoms. The minimum absolute atomic E-state index is 0.155. The van der Waals surface area contributed by atoms with E-state index in [1.54, 1.807) is 30.6 Å². The van der Waals surface area contributed by atoms with E-state index in [1.165, 1.54) is 18.6 Å². The summed E-state index contributed by atoms with van der Waals surface area (Å²) in [6.07, 6.45) is 6.15. The van der Waals surface area contributed by atoms with Gasteiger partial charge in [-0.3, -0.25) is 4.98 Å². The van der Waals surface area contributed by atoms with Crippen molar-refractivity contribution >= 4 is 22.5 Å². The molecule has 0 bridgehead atoms. The number of aromatic nitrogens is 5. The fourth-order valence-electron chi connectivity index (χ4n) is 2.97. The topological polar surface area (TPSA) is 107 Å². The van der Waals surface area contributed by atoms with E-state index in [-0.39, 0.29) is 5.88 Å². The molecule has 2 N–H and O–H groups in total. The van der Waals surface area contributed by atoms with Crippen molar-refractivity contribution in [1.29, 1.82) is 0 Å². The molecule has 170 valence electrons. The first-order valence-electron chi connectivity index (χ1n) is 10.5. The number of anilines is 2. The lowest BCUT2D eigenvalue weighted by Crippen LogP contribution is -2.27. The first-order valence-corrected chi connectivity index (χ1v) is 10.5. The zero-order chi connectivity index (χ0) is 23.2. The molecule has 3 aromatic heterocycles. The number of fused-ring (bicyclic) bond motifs is 1. The summed E-state index contributed by atoms with van der Waals surface area (Å²) in [5, 5.41) is 7.02. The van der Waals surface area contributed by atoms with Gasteiger partial charge in [-0.25, -0.2) is 24.3 Å². The number of nitrogens with zero attached hydrogens (tertiary/aromatic N) is 5. The fourth-order valence-corrected chi connectivity index (χ4v) is 2.97. The first-order chi connectivity index (χ1) is 16.0. The Morgan fingerprint density at radius 2 is 1.85 bits per heavy atom. The van der Waals surface area contributed by atoms with Crippen molar-refractivity contribution in [3.63, 3.8) is 0 Å². The summed E-state index contributed by atoms with van der Waals surface area (Å²) >= 11 is 0. The molecule has 33 heavy (non-hydrogen) atoms. The maximum Gasteiger partial charge on any atom is 0.256 e. The molecule has 0 atom stereocenters. The molecular weight excluding hydrogens is 425 g/mol. The second-order valence-electron chi connectivity index (χ2n) is 7.59. The van der Waals surface area contributed by atoms with Crippen LogP contribution in [0.15, 0.2) is 49.2 Å². The molecule has 0 saturated heterocycles. The lowest BCUT2D eigenvalue weighted by atomic mass is 10.2. The molecule has 1 aromatic carbocycles.